The van der Waals surface area contributed by atoms with Crippen LogP contribution in [-0.4, -0.2) is 37.2 Å². The maximum absolute atomic E-state index is 13.3. The summed E-state index contributed by atoms with van der Waals surface area (Å²) in [6.07, 6.45) is 1.13. The molecule has 2 unspecified atom stereocenters. The largest absolute Gasteiger partial charge is 0.489 e. The van der Waals surface area contributed by atoms with E-state index in [-0.39, 0.29) is 11.9 Å². The lowest BCUT2D eigenvalue weighted by atomic mass is 9.94. The van der Waals surface area contributed by atoms with Gasteiger partial charge in [0.05, 0.1) is 0 Å². The first-order valence-electron chi connectivity index (χ1n) is 6.52. The van der Waals surface area contributed by atoms with E-state index in [2.05, 4.69) is 11.8 Å². The molecule has 2 atom stereocenters. The van der Waals surface area contributed by atoms with E-state index in [4.69, 9.17) is 10.5 Å². The second-order valence-electron chi connectivity index (χ2n) is 5.01. The van der Waals surface area contributed by atoms with Gasteiger partial charge in [-0.1, -0.05) is 19.1 Å². The van der Waals surface area contributed by atoms with E-state index in [1.54, 1.807) is 18.2 Å². The Morgan fingerprint density at radius 1 is 1.44 bits per heavy atom. The third-order valence-corrected chi connectivity index (χ3v) is 3.60. The fraction of sp³-hybridized carbons (Fsp3) is 0.571. The summed E-state index contributed by atoms with van der Waals surface area (Å²) < 4.78 is 18.8. The molecule has 18 heavy (non-hydrogen) atoms. The second kappa shape index (κ2) is 6.16. The van der Waals surface area contributed by atoms with Crippen LogP contribution in [0.3, 0.4) is 0 Å². The van der Waals surface area contributed by atoms with Crippen LogP contribution in [0.15, 0.2) is 24.3 Å². The number of likely N-dealkylation sites (tertiary alicyclic amines) is 1. The Morgan fingerprint density at radius 3 is 2.94 bits per heavy atom. The molecule has 1 fully saturated rings. The van der Waals surface area contributed by atoms with Crippen molar-refractivity contribution in [2.45, 2.75) is 19.4 Å². The minimum atomic E-state index is -0.304. The molecule has 0 saturated carbocycles. The van der Waals surface area contributed by atoms with Crippen LogP contribution in [0, 0.1) is 11.7 Å². The molecule has 1 aliphatic rings. The van der Waals surface area contributed by atoms with E-state index >= 15 is 0 Å². The van der Waals surface area contributed by atoms with E-state index < -0.39 is 0 Å². The molecular formula is C14H21FN2O. The summed E-state index contributed by atoms with van der Waals surface area (Å²) in [6.45, 7) is 5.45. The summed E-state index contributed by atoms with van der Waals surface area (Å²) in [5.41, 5.74) is 6.03. The Labute approximate surface area is 108 Å². The van der Waals surface area contributed by atoms with Gasteiger partial charge >= 0.3 is 0 Å². The number of benzene rings is 1. The van der Waals surface area contributed by atoms with Gasteiger partial charge < -0.3 is 10.5 Å². The van der Waals surface area contributed by atoms with E-state index in [1.165, 1.54) is 6.07 Å². The lowest BCUT2D eigenvalue weighted by Gasteiger charge is -2.34. The van der Waals surface area contributed by atoms with Crippen molar-refractivity contribution < 1.29 is 9.13 Å². The van der Waals surface area contributed by atoms with Crippen LogP contribution in [0.4, 0.5) is 4.39 Å². The average Bonchev–Trinajstić information content (AvgIpc) is 2.36. The number of piperidine rings is 1. The number of ether oxygens (including phenoxy) is 1. The monoisotopic (exact) mass is 252 g/mol. The van der Waals surface area contributed by atoms with Crippen molar-refractivity contribution in [2.75, 3.05) is 26.2 Å². The molecule has 0 radical (unpaired) electrons. The highest BCUT2D eigenvalue weighted by Crippen LogP contribution is 2.17. The molecule has 100 valence electrons. The van der Waals surface area contributed by atoms with Crippen molar-refractivity contribution in [2.24, 2.45) is 11.7 Å². The van der Waals surface area contributed by atoms with Gasteiger partial charge in [-0.15, -0.1) is 0 Å². The highest BCUT2D eigenvalue weighted by Gasteiger charge is 2.22. The normalized spacial score (nSPS) is 25.1. The molecule has 0 aromatic heterocycles. The molecule has 0 aliphatic carbocycles. The molecular weight excluding hydrogens is 231 g/mol. The van der Waals surface area contributed by atoms with Gasteiger partial charge in [-0.05, 0) is 31.0 Å². The van der Waals surface area contributed by atoms with Crippen molar-refractivity contribution >= 4 is 0 Å². The number of para-hydroxylation sites is 1. The van der Waals surface area contributed by atoms with Crippen LogP contribution < -0.4 is 10.5 Å². The topological polar surface area (TPSA) is 38.5 Å². The molecule has 1 aliphatic heterocycles. The summed E-state index contributed by atoms with van der Waals surface area (Å²) in [7, 11) is 0. The van der Waals surface area contributed by atoms with E-state index in [9.17, 15) is 4.39 Å². The number of nitrogens with two attached hydrogens (primary N) is 1. The minimum Gasteiger partial charge on any atom is -0.489 e. The molecule has 3 nitrogen and oxygen atoms in total. The Hall–Kier alpha value is -1.13. The standard InChI is InChI=1S/C14H21FN2O/c1-11-6-7-17(10-13(11)16)8-9-18-14-5-3-2-4-12(14)15/h2-5,11,13H,6-10,16H2,1H3. The second-order valence-corrected chi connectivity index (χ2v) is 5.01. The molecule has 0 bridgehead atoms. The number of halogens is 1. The lowest BCUT2D eigenvalue weighted by Crippen LogP contribution is -2.48. The zero-order valence-electron chi connectivity index (χ0n) is 10.8. The van der Waals surface area contributed by atoms with Crippen LogP contribution in [0.2, 0.25) is 0 Å². The summed E-state index contributed by atoms with van der Waals surface area (Å²) in [6, 6.07) is 6.74. The predicted molar refractivity (Wildman–Crippen MR) is 70.1 cm³/mol. The number of rotatable bonds is 4. The van der Waals surface area contributed by atoms with Crippen molar-refractivity contribution in [1.82, 2.24) is 4.90 Å². The fourth-order valence-electron chi connectivity index (χ4n) is 2.22. The molecule has 1 heterocycles. The van der Waals surface area contributed by atoms with Gasteiger partial charge in [0.15, 0.2) is 11.6 Å². The Kier molecular flexibility index (Phi) is 4.55. The summed E-state index contributed by atoms with van der Waals surface area (Å²) in [5, 5.41) is 0. The van der Waals surface area contributed by atoms with Crippen molar-refractivity contribution in [3.8, 4) is 5.75 Å². The Bertz CT molecular complexity index is 386. The third kappa shape index (κ3) is 3.43. The average molecular weight is 252 g/mol. The maximum atomic E-state index is 13.3. The van der Waals surface area contributed by atoms with Crippen LogP contribution >= 0.6 is 0 Å². The zero-order chi connectivity index (χ0) is 13.0. The van der Waals surface area contributed by atoms with Crippen LogP contribution in [0.5, 0.6) is 5.75 Å². The summed E-state index contributed by atoms with van der Waals surface area (Å²) in [5.74, 6) is 0.613. The molecule has 2 rings (SSSR count). The van der Waals surface area contributed by atoms with Crippen LogP contribution in [0.25, 0.3) is 0 Å². The predicted octanol–water partition coefficient (Wildman–Crippen LogP) is 1.87. The van der Waals surface area contributed by atoms with Gasteiger partial charge in [0.2, 0.25) is 0 Å². The summed E-state index contributed by atoms with van der Waals surface area (Å²) >= 11 is 0. The van der Waals surface area contributed by atoms with E-state index in [0.29, 0.717) is 18.3 Å². The van der Waals surface area contributed by atoms with Crippen molar-refractivity contribution in [1.29, 1.82) is 0 Å². The minimum absolute atomic E-state index is 0.243. The van der Waals surface area contributed by atoms with Gasteiger partial charge in [-0.3, -0.25) is 4.90 Å². The first-order valence-corrected chi connectivity index (χ1v) is 6.52. The SMILES string of the molecule is CC1CCN(CCOc2ccccc2F)CC1N. The number of hydrogen-bond acceptors (Lipinski definition) is 3. The van der Waals surface area contributed by atoms with Crippen LogP contribution in [-0.2, 0) is 0 Å². The zero-order valence-corrected chi connectivity index (χ0v) is 10.8. The summed E-state index contributed by atoms with van der Waals surface area (Å²) in [4.78, 5) is 2.28. The van der Waals surface area contributed by atoms with Gasteiger partial charge in [0, 0.05) is 19.1 Å². The van der Waals surface area contributed by atoms with Gasteiger partial charge in [0.25, 0.3) is 0 Å². The molecule has 1 aromatic carbocycles. The lowest BCUT2D eigenvalue weighted by molar-refractivity contribution is 0.142. The Balaban J connectivity index is 1.74. The molecule has 1 aromatic rings. The highest BCUT2D eigenvalue weighted by atomic mass is 19.1. The van der Waals surface area contributed by atoms with Gasteiger partial charge in [-0.25, -0.2) is 4.39 Å². The first kappa shape index (κ1) is 13.3. The molecule has 0 amide bonds. The molecule has 0 spiro atoms. The smallest absolute Gasteiger partial charge is 0.165 e. The maximum Gasteiger partial charge on any atom is 0.165 e. The third-order valence-electron chi connectivity index (χ3n) is 3.60. The molecule has 2 N–H and O–H groups in total. The van der Waals surface area contributed by atoms with E-state index in [0.717, 1.165) is 26.1 Å². The quantitative estimate of drug-likeness (QED) is 0.889. The van der Waals surface area contributed by atoms with Crippen molar-refractivity contribution in [3.63, 3.8) is 0 Å². The number of nitrogens with zero attached hydrogens (tertiary/aromatic N) is 1. The van der Waals surface area contributed by atoms with Crippen LogP contribution in [0.1, 0.15) is 13.3 Å². The van der Waals surface area contributed by atoms with Gasteiger partial charge in [-0.2, -0.15) is 0 Å². The first-order chi connectivity index (χ1) is 8.66. The highest BCUT2D eigenvalue weighted by molar-refractivity contribution is 5.23. The van der Waals surface area contributed by atoms with Crippen molar-refractivity contribution in [3.05, 3.63) is 30.1 Å². The molecule has 4 heteroatoms. The number of hydrogen-bond donors (Lipinski definition) is 1. The fourth-order valence-corrected chi connectivity index (χ4v) is 2.22. The van der Waals surface area contributed by atoms with Gasteiger partial charge in [0.1, 0.15) is 6.61 Å². The molecule has 1 saturated heterocycles. The Morgan fingerprint density at radius 2 is 2.22 bits per heavy atom. The van der Waals surface area contributed by atoms with E-state index in [1.807, 2.05) is 0 Å².